The minimum atomic E-state index is -5.38. The van der Waals surface area contributed by atoms with E-state index in [2.05, 4.69) is 14.5 Å². The van der Waals surface area contributed by atoms with E-state index in [9.17, 15) is 34.9 Å². The summed E-state index contributed by atoms with van der Waals surface area (Å²) in [5, 5.41) is 0. The molecule has 0 radical (unpaired) electrons. The number of H-pyrrole nitrogens is 1. The van der Waals surface area contributed by atoms with E-state index >= 15 is 0 Å². The first-order valence-corrected chi connectivity index (χ1v) is 10.1. The molecule has 9 nitrogen and oxygen atoms in total. The van der Waals surface area contributed by atoms with Crippen LogP contribution in [0.2, 0.25) is 0 Å². The van der Waals surface area contributed by atoms with Crippen molar-refractivity contribution in [1.29, 1.82) is 0 Å². The first kappa shape index (κ1) is 21.0. The van der Waals surface area contributed by atoms with Crippen LogP contribution in [0.3, 0.4) is 0 Å². The molecule has 1 aromatic heterocycles. The summed E-state index contributed by atoms with van der Waals surface area (Å²) < 4.78 is 109. The van der Waals surface area contributed by atoms with Crippen LogP contribution in [0.25, 0.3) is 11.0 Å². The molecule has 0 spiro atoms. The molecule has 0 unspecified atom stereocenters. The van der Waals surface area contributed by atoms with Gasteiger partial charge in [-0.1, -0.05) is 0 Å². The second-order valence-electron chi connectivity index (χ2n) is 5.36. The molecule has 0 saturated heterocycles. The van der Waals surface area contributed by atoms with Crippen LogP contribution in [0.5, 0.6) is 5.75 Å². The van der Waals surface area contributed by atoms with Crippen molar-refractivity contribution in [3.8, 4) is 5.75 Å². The van der Waals surface area contributed by atoms with Gasteiger partial charge in [0.1, 0.15) is 5.52 Å². The Bertz CT molecular complexity index is 1260. The lowest BCUT2D eigenvalue weighted by atomic mass is 10.2. The Morgan fingerprint density at radius 1 is 1.00 bits per heavy atom. The summed E-state index contributed by atoms with van der Waals surface area (Å²) in [5.41, 5.74) is -0.771. The summed E-state index contributed by atoms with van der Waals surface area (Å²) in [6.45, 7) is 0. The Kier molecular flexibility index (Phi) is 5.03. The van der Waals surface area contributed by atoms with Crippen LogP contribution in [0.1, 0.15) is 0 Å². The average Bonchev–Trinajstić information content (AvgIpc) is 3.05. The molecule has 0 fully saturated rings. The first-order valence-electron chi connectivity index (χ1n) is 7.08. The second-order valence-corrected chi connectivity index (χ2v) is 8.14. The molecule has 16 heteroatoms. The highest BCUT2D eigenvalue weighted by molar-refractivity contribution is 7.92. The number of phosphoric ester groups is 1. The monoisotopic (exact) mass is 459 g/mol. The molecule has 0 saturated carbocycles. The highest BCUT2D eigenvalue weighted by Crippen LogP contribution is 2.41. The van der Waals surface area contributed by atoms with Gasteiger partial charge in [-0.2, -0.15) is 0 Å². The number of aromatic nitrogens is 2. The van der Waals surface area contributed by atoms with Gasteiger partial charge in [0.05, 0.1) is 17.5 Å². The molecule has 0 atom stereocenters. The van der Waals surface area contributed by atoms with E-state index < -0.39 is 63.3 Å². The minimum Gasteiger partial charge on any atom is -0.402 e. The summed E-state index contributed by atoms with van der Waals surface area (Å²) in [6.07, 6.45) is 1.06. The summed E-state index contributed by atoms with van der Waals surface area (Å²) in [4.78, 5) is 21.9. The SMILES string of the molecule is O=P(O)(O)Oc1cc(NS(=O)(=O)c2c(F)c(F)c(F)c(F)c2F)cc2[nH]cnc12. The topological polar surface area (TPSA) is 142 Å². The molecular weight excluding hydrogens is 452 g/mol. The maximum Gasteiger partial charge on any atom is 0.524 e. The molecule has 3 aromatic rings. The van der Waals surface area contributed by atoms with Crippen molar-refractivity contribution in [2.75, 3.05) is 4.72 Å². The Morgan fingerprint density at radius 3 is 2.10 bits per heavy atom. The highest BCUT2D eigenvalue weighted by atomic mass is 32.2. The first-order chi connectivity index (χ1) is 13.3. The fourth-order valence-corrected chi connectivity index (χ4v) is 3.88. The number of halogens is 5. The fraction of sp³-hybridized carbons (Fsp3) is 0. The van der Waals surface area contributed by atoms with E-state index in [0.717, 1.165) is 12.4 Å². The maximum atomic E-state index is 13.8. The van der Waals surface area contributed by atoms with Crippen molar-refractivity contribution in [3.05, 3.63) is 47.5 Å². The quantitative estimate of drug-likeness (QED) is 0.199. The number of fused-ring (bicyclic) bond motifs is 1. The number of nitrogens with zero attached hydrogens (tertiary/aromatic N) is 1. The van der Waals surface area contributed by atoms with Crippen LogP contribution < -0.4 is 9.25 Å². The number of aromatic amines is 1. The molecule has 0 aliphatic carbocycles. The standard InChI is InChI=1S/C13H7F5N3O6PS/c14-7-8(15)10(17)13(11(18)9(7)16)29(25,26)21-4-1-5-12(20-3-19-5)6(2-4)27-28(22,23)24/h1-3,21H,(H,19,20)(H2,22,23,24). The van der Waals surface area contributed by atoms with E-state index in [1.165, 1.54) is 0 Å². The average molecular weight is 459 g/mol. The van der Waals surface area contributed by atoms with Gasteiger partial charge in [-0.25, -0.2) is 39.9 Å². The van der Waals surface area contributed by atoms with Crippen molar-refractivity contribution in [3.63, 3.8) is 0 Å². The van der Waals surface area contributed by atoms with Gasteiger partial charge >= 0.3 is 7.82 Å². The van der Waals surface area contributed by atoms with Crippen molar-refractivity contribution < 1.29 is 49.2 Å². The smallest absolute Gasteiger partial charge is 0.402 e. The second kappa shape index (κ2) is 6.95. The Morgan fingerprint density at radius 2 is 1.55 bits per heavy atom. The van der Waals surface area contributed by atoms with Gasteiger partial charge in [0.25, 0.3) is 10.0 Å². The van der Waals surface area contributed by atoms with E-state index in [1.54, 1.807) is 4.72 Å². The Hall–Kier alpha value is -2.74. The van der Waals surface area contributed by atoms with Gasteiger partial charge in [-0.15, -0.1) is 0 Å². The molecule has 4 N–H and O–H groups in total. The Balaban J connectivity index is 2.13. The number of anilines is 1. The molecule has 0 bridgehead atoms. The molecule has 2 aromatic carbocycles. The van der Waals surface area contributed by atoms with Crippen LogP contribution in [0.4, 0.5) is 27.6 Å². The number of imidazole rings is 1. The summed E-state index contributed by atoms with van der Waals surface area (Å²) in [5.74, 6) is -13.3. The van der Waals surface area contributed by atoms with E-state index in [4.69, 9.17) is 9.79 Å². The molecule has 0 amide bonds. The number of benzene rings is 2. The number of sulfonamides is 1. The number of hydrogen-bond acceptors (Lipinski definition) is 5. The van der Waals surface area contributed by atoms with Crippen molar-refractivity contribution in [2.24, 2.45) is 0 Å². The predicted octanol–water partition coefficient (Wildman–Crippen LogP) is 2.53. The zero-order chi connectivity index (χ0) is 21.7. The number of phosphoric acid groups is 1. The highest BCUT2D eigenvalue weighted by Gasteiger charge is 2.34. The van der Waals surface area contributed by atoms with Crippen LogP contribution in [0.15, 0.2) is 23.4 Å². The summed E-state index contributed by atoms with van der Waals surface area (Å²) in [6, 6.07) is 1.66. The normalized spacial score (nSPS) is 12.4. The van der Waals surface area contributed by atoms with Gasteiger partial charge in [-0.3, -0.25) is 14.5 Å². The third kappa shape index (κ3) is 3.89. The van der Waals surface area contributed by atoms with Crippen LogP contribution in [0, 0.1) is 29.1 Å². The van der Waals surface area contributed by atoms with Crippen molar-refractivity contribution in [2.45, 2.75) is 4.90 Å². The van der Waals surface area contributed by atoms with Gasteiger partial charge < -0.3 is 9.51 Å². The summed E-state index contributed by atoms with van der Waals surface area (Å²) >= 11 is 0. The minimum absolute atomic E-state index is 0.0361. The Labute approximate surface area is 157 Å². The number of nitrogens with one attached hydrogen (secondary N) is 2. The van der Waals surface area contributed by atoms with Gasteiger partial charge in [0, 0.05) is 6.07 Å². The predicted molar refractivity (Wildman–Crippen MR) is 85.8 cm³/mol. The summed E-state index contributed by atoms with van der Waals surface area (Å²) in [7, 11) is -10.5. The van der Waals surface area contributed by atoms with Gasteiger partial charge in [0.15, 0.2) is 33.9 Å². The molecule has 0 aliphatic rings. The largest absolute Gasteiger partial charge is 0.524 e. The van der Waals surface area contributed by atoms with E-state index in [0.29, 0.717) is 6.07 Å². The van der Waals surface area contributed by atoms with Crippen LogP contribution >= 0.6 is 7.82 Å². The molecule has 1 heterocycles. The third-order valence-corrected chi connectivity index (χ3v) is 5.23. The lowest BCUT2D eigenvalue weighted by Crippen LogP contribution is -2.19. The van der Waals surface area contributed by atoms with Gasteiger partial charge in [-0.05, 0) is 6.07 Å². The maximum absolute atomic E-state index is 13.8. The van der Waals surface area contributed by atoms with Gasteiger partial charge in [0.2, 0.25) is 5.82 Å². The lowest BCUT2D eigenvalue weighted by molar-refractivity contribution is 0.284. The van der Waals surface area contributed by atoms with Crippen LogP contribution in [-0.4, -0.2) is 28.2 Å². The zero-order valence-corrected chi connectivity index (χ0v) is 15.2. The number of rotatable bonds is 5. The molecule has 3 rings (SSSR count). The fourth-order valence-electron chi connectivity index (χ4n) is 2.30. The third-order valence-electron chi connectivity index (χ3n) is 3.40. The molecule has 29 heavy (non-hydrogen) atoms. The number of hydrogen-bond donors (Lipinski definition) is 4. The van der Waals surface area contributed by atoms with Crippen molar-refractivity contribution in [1.82, 2.24) is 9.97 Å². The van der Waals surface area contributed by atoms with Crippen LogP contribution in [-0.2, 0) is 14.6 Å². The lowest BCUT2D eigenvalue weighted by Gasteiger charge is -2.13. The molecule has 0 aliphatic heterocycles. The van der Waals surface area contributed by atoms with E-state index in [1.807, 2.05) is 0 Å². The molecule has 156 valence electrons. The zero-order valence-electron chi connectivity index (χ0n) is 13.5. The molecular formula is C13H7F5N3O6PS. The van der Waals surface area contributed by atoms with E-state index in [-0.39, 0.29) is 11.0 Å². The van der Waals surface area contributed by atoms with Crippen molar-refractivity contribution >= 4 is 34.6 Å².